The van der Waals surface area contributed by atoms with Crippen LogP contribution >= 0.6 is 12.8 Å². The lowest BCUT2D eigenvalue weighted by Gasteiger charge is -2.33. The van der Waals surface area contributed by atoms with E-state index >= 15 is 0 Å². The third kappa shape index (κ3) is 3.45. The molecule has 8 nitrogen and oxygen atoms in total. The van der Waals surface area contributed by atoms with Gasteiger partial charge in [0.1, 0.15) is 11.3 Å². The number of anilines is 2. The van der Waals surface area contributed by atoms with Crippen molar-refractivity contribution >= 4 is 41.9 Å². The molecule has 0 aromatic heterocycles. The number of amides is 2. The molecule has 2 amide bonds. The summed E-state index contributed by atoms with van der Waals surface area (Å²) in [5.41, 5.74) is 0.679. The molecule has 0 saturated heterocycles. The Kier molecular flexibility index (Phi) is 4.56. The van der Waals surface area contributed by atoms with Crippen molar-refractivity contribution in [3.8, 4) is 0 Å². The largest absolute Gasteiger partial charge is 0.438 e. The molecule has 0 fully saturated rings. The number of aryl methyl sites for hydroxylation is 1. The quantitative estimate of drug-likeness (QED) is 0.467. The number of thiol groups is 1. The average molecular weight is 387 g/mol. The molecule has 140 valence electrons. The van der Waals surface area contributed by atoms with E-state index in [1.165, 1.54) is 12.1 Å². The Hall–Kier alpha value is -3.07. The summed E-state index contributed by atoms with van der Waals surface area (Å²) in [5, 5.41) is 14.0. The maximum absolute atomic E-state index is 12.7. The van der Waals surface area contributed by atoms with Crippen molar-refractivity contribution < 1.29 is 19.2 Å². The summed E-state index contributed by atoms with van der Waals surface area (Å²) in [6.45, 7) is 5.20. The van der Waals surface area contributed by atoms with Crippen LogP contribution < -0.4 is 9.62 Å². The Labute approximate surface area is 160 Å². The lowest BCUT2D eigenvalue weighted by atomic mass is 9.93. The Morgan fingerprint density at radius 2 is 1.89 bits per heavy atom. The number of fused-ring (bicyclic) bond motifs is 1. The van der Waals surface area contributed by atoms with Gasteiger partial charge >= 0.3 is 6.09 Å². The predicted molar refractivity (Wildman–Crippen MR) is 103 cm³/mol. The predicted octanol–water partition coefficient (Wildman–Crippen LogP) is 4.19. The van der Waals surface area contributed by atoms with E-state index < -0.39 is 22.5 Å². The zero-order valence-electron chi connectivity index (χ0n) is 14.8. The smallest absolute Gasteiger partial charge is 0.412 e. The van der Waals surface area contributed by atoms with Crippen LogP contribution in [-0.4, -0.2) is 16.9 Å². The van der Waals surface area contributed by atoms with Gasteiger partial charge in [-0.1, -0.05) is 30.5 Å². The molecule has 1 heterocycles. The molecule has 0 radical (unpaired) electrons. The van der Waals surface area contributed by atoms with E-state index in [0.717, 1.165) is 9.87 Å². The van der Waals surface area contributed by atoms with E-state index in [4.69, 9.17) is 4.74 Å². The zero-order chi connectivity index (χ0) is 19.9. The van der Waals surface area contributed by atoms with Gasteiger partial charge in [-0.15, -0.1) is 0 Å². The summed E-state index contributed by atoms with van der Waals surface area (Å²) in [4.78, 5) is 35.3. The van der Waals surface area contributed by atoms with Gasteiger partial charge in [0.25, 0.3) is 11.6 Å². The van der Waals surface area contributed by atoms with Crippen LogP contribution in [0.2, 0.25) is 0 Å². The van der Waals surface area contributed by atoms with Crippen LogP contribution in [0.25, 0.3) is 0 Å². The van der Waals surface area contributed by atoms with E-state index in [9.17, 15) is 19.7 Å². The number of nitro groups is 1. The minimum Gasteiger partial charge on any atom is -0.438 e. The van der Waals surface area contributed by atoms with Crippen molar-refractivity contribution in [3.63, 3.8) is 0 Å². The number of rotatable bonds is 3. The molecule has 2 aromatic rings. The highest BCUT2D eigenvalue weighted by Gasteiger charge is 2.37. The Morgan fingerprint density at radius 1 is 1.26 bits per heavy atom. The molecule has 0 atom stereocenters. The monoisotopic (exact) mass is 387 g/mol. The van der Waals surface area contributed by atoms with E-state index in [2.05, 4.69) is 18.1 Å². The Balaban J connectivity index is 2.11. The molecule has 9 heteroatoms. The number of ether oxygens (including phenoxy) is 1. The van der Waals surface area contributed by atoms with Gasteiger partial charge in [-0.25, -0.2) is 9.10 Å². The number of nitro benzene ring substituents is 1. The number of cyclic esters (lactones) is 1. The van der Waals surface area contributed by atoms with E-state index in [1.807, 2.05) is 6.92 Å². The molecule has 3 rings (SSSR count). The molecular formula is C18H17N3O5S. The normalized spacial score (nSPS) is 14.6. The van der Waals surface area contributed by atoms with Gasteiger partial charge in [0, 0.05) is 17.2 Å². The average Bonchev–Trinajstić information content (AvgIpc) is 2.59. The summed E-state index contributed by atoms with van der Waals surface area (Å²) in [7, 11) is 0. The van der Waals surface area contributed by atoms with Crippen molar-refractivity contribution in [1.29, 1.82) is 0 Å². The number of carbonyl (C=O) groups is 2. The van der Waals surface area contributed by atoms with Gasteiger partial charge in [-0.05, 0) is 39.0 Å². The molecule has 1 aliphatic heterocycles. The van der Waals surface area contributed by atoms with Crippen LogP contribution in [0.1, 0.15) is 35.3 Å². The highest BCUT2D eigenvalue weighted by atomic mass is 32.1. The maximum atomic E-state index is 12.7. The first kappa shape index (κ1) is 18.7. The van der Waals surface area contributed by atoms with Gasteiger partial charge in [-0.2, -0.15) is 0 Å². The molecule has 0 unspecified atom stereocenters. The molecule has 0 saturated carbocycles. The van der Waals surface area contributed by atoms with Gasteiger partial charge in [0.15, 0.2) is 0 Å². The number of hydrogen-bond donors (Lipinski definition) is 2. The first-order valence-corrected chi connectivity index (χ1v) is 8.43. The van der Waals surface area contributed by atoms with E-state index in [-0.39, 0.29) is 17.1 Å². The molecular weight excluding hydrogens is 370 g/mol. The third-order valence-corrected chi connectivity index (χ3v) is 4.66. The maximum Gasteiger partial charge on any atom is 0.412 e. The number of nitrogens with zero attached hydrogens (tertiary/aromatic N) is 2. The highest BCUT2D eigenvalue weighted by Crippen LogP contribution is 2.43. The molecule has 0 spiro atoms. The second kappa shape index (κ2) is 6.58. The van der Waals surface area contributed by atoms with Gasteiger partial charge in [0.2, 0.25) is 0 Å². The van der Waals surface area contributed by atoms with Crippen LogP contribution in [0, 0.1) is 17.0 Å². The van der Waals surface area contributed by atoms with E-state index in [1.54, 1.807) is 38.1 Å². The van der Waals surface area contributed by atoms with Crippen LogP contribution in [0.4, 0.5) is 21.9 Å². The Morgan fingerprint density at radius 3 is 2.48 bits per heavy atom. The second-order valence-electron chi connectivity index (χ2n) is 6.65. The lowest BCUT2D eigenvalue weighted by molar-refractivity contribution is -0.384. The lowest BCUT2D eigenvalue weighted by Crippen LogP contribution is -2.35. The second-order valence-corrected chi connectivity index (χ2v) is 7.05. The summed E-state index contributed by atoms with van der Waals surface area (Å²) in [5.74, 6) is -0.514. The van der Waals surface area contributed by atoms with Crippen LogP contribution in [-0.2, 0) is 10.3 Å². The molecule has 2 aromatic carbocycles. The van der Waals surface area contributed by atoms with Crippen LogP contribution in [0.15, 0.2) is 36.4 Å². The summed E-state index contributed by atoms with van der Waals surface area (Å²) in [6, 6.07) is 9.42. The summed E-state index contributed by atoms with van der Waals surface area (Å²) >= 11 is 4.21. The topological polar surface area (TPSA) is 102 Å². The molecule has 27 heavy (non-hydrogen) atoms. The third-order valence-electron chi connectivity index (χ3n) is 4.26. The minimum atomic E-state index is -1.02. The van der Waals surface area contributed by atoms with Gasteiger partial charge < -0.3 is 4.74 Å². The highest BCUT2D eigenvalue weighted by molar-refractivity contribution is 7.82. The van der Waals surface area contributed by atoms with Crippen molar-refractivity contribution in [2.45, 2.75) is 26.4 Å². The molecule has 0 bridgehead atoms. The van der Waals surface area contributed by atoms with Crippen molar-refractivity contribution in [3.05, 3.63) is 63.2 Å². The number of carbonyl (C=O) groups excluding carboxylic acids is 2. The number of hydrogen-bond acceptors (Lipinski definition) is 6. The first-order chi connectivity index (χ1) is 12.6. The number of nitrogens with one attached hydrogen (secondary N) is 1. The van der Waals surface area contributed by atoms with Crippen LogP contribution in [0.5, 0.6) is 0 Å². The minimum absolute atomic E-state index is 0.0134. The zero-order valence-corrected chi connectivity index (χ0v) is 15.7. The van der Waals surface area contributed by atoms with Gasteiger partial charge in [0.05, 0.1) is 10.6 Å². The van der Waals surface area contributed by atoms with Crippen molar-refractivity contribution in [2.75, 3.05) is 9.62 Å². The molecule has 1 N–H and O–H groups in total. The van der Waals surface area contributed by atoms with E-state index in [0.29, 0.717) is 11.1 Å². The Bertz CT molecular complexity index is 956. The summed E-state index contributed by atoms with van der Waals surface area (Å²) in [6.07, 6.45) is -0.701. The molecule has 1 aliphatic rings. The fourth-order valence-corrected chi connectivity index (χ4v) is 3.12. The fourth-order valence-electron chi connectivity index (χ4n) is 2.84. The SMILES string of the molecule is Cc1ccc(C(=O)N(S)c2cc3c(cc2[N+](=O)[O-])NC(=O)OC3(C)C)cc1. The number of benzene rings is 2. The van der Waals surface area contributed by atoms with Gasteiger partial charge in [-0.3, -0.25) is 20.2 Å². The standard InChI is InChI=1S/C18H17N3O5S/c1-10-4-6-11(7-5-10)16(22)20(27)14-8-12-13(9-15(14)21(24)25)19-17(23)26-18(12,2)3/h4-9,27H,1-3H3,(H,19,23). The fraction of sp³-hybridized carbons (Fsp3) is 0.222. The summed E-state index contributed by atoms with van der Waals surface area (Å²) < 4.78 is 6.17. The van der Waals surface area contributed by atoms with Crippen LogP contribution in [0.3, 0.4) is 0 Å². The van der Waals surface area contributed by atoms with Crippen molar-refractivity contribution in [2.24, 2.45) is 0 Å². The first-order valence-electron chi connectivity index (χ1n) is 8.03. The molecule has 0 aliphatic carbocycles. The van der Waals surface area contributed by atoms with Crippen molar-refractivity contribution in [1.82, 2.24) is 0 Å².